The van der Waals surface area contributed by atoms with E-state index in [9.17, 15) is 18.0 Å². The summed E-state index contributed by atoms with van der Waals surface area (Å²) in [5, 5.41) is 6.93. The molecule has 9 heteroatoms. The quantitative estimate of drug-likeness (QED) is 0.681. The second-order valence-electron chi connectivity index (χ2n) is 6.62. The van der Waals surface area contributed by atoms with E-state index < -0.39 is 24.7 Å². The normalized spacial score (nSPS) is 36.9. The zero-order valence-electron chi connectivity index (χ0n) is 14.0. The third kappa shape index (κ3) is 3.01. The first kappa shape index (κ1) is 17.5. The third-order valence-electron chi connectivity index (χ3n) is 5.01. The van der Waals surface area contributed by atoms with E-state index in [0.29, 0.717) is 6.42 Å². The lowest BCUT2D eigenvalue weighted by Gasteiger charge is -2.37. The predicted octanol–water partition coefficient (Wildman–Crippen LogP) is 1.08. The fraction of sp³-hybridized carbons (Fsp3) is 0.471. The Morgan fingerprint density at radius 1 is 1.27 bits per heavy atom. The molecule has 3 N–H and O–H groups in total. The molecule has 6 nitrogen and oxygen atoms in total. The summed E-state index contributed by atoms with van der Waals surface area (Å²) >= 11 is 0. The summed E-state index contributed by atoms with van der Waals surface area (Å²) in [6, 6.07) is -0.124. The molecule has 1 aliphatic carbocycles. The average molecular weight is 368 g/mol. The van der Waals surface area contributed by atoms with Crippen LogP contribution in [0.2, 0.25) is 0 Å². The number of carbonyl (C=O) groups excluding carboxylic acids is 1. The van der Waals surface area contributed by atoms with Crippen molar-refractivity contribution in [1.29, 1.82) is 0 Å². The Hall–Kier alpha value is -1.94. The summed E-state index contributed by atoms with van der Waals surface area (Å²) in [6.45, 7) is 0. The molecule has 0 aromatic carbocycles. The fourth-order valence-corrected chi connectivity index (χ4v) is 3.72. The topological polar surface area (TPSA) is 65.6 Å². The van der Waals surface area contributed by atoms with Gasteiger partial charge in [0.15, 0.2) is 6.17 Å². The Morgan fingerprint density at radius 3 is 2.81 bits per heavy atom. The Bertz CT molecular complexity index is 728. The SMILES string of the molecule is COC1CC=C(C2=CC3C=CC(=O)NC3C=C2)C2NC(C(F)(F)F)NN12. The van der Waals surface area contributed by atoms with E-state index >= 15 is 0 Å². The van der Waals surface area contributed by atoms with Gasteiger partial charge in [-0.3, -0.25) is 10.1 Å². The first-order chi connectivity index (χ1) is 12.4. The number of nitrogens with one attached hydrogen (secondary N) is 3. The predicted molar refractivity (Wildman–Crippen MR) is 87.0 cm³/mol. The van der Waals surface area contributed by atoms with Gasteiger partial charge in [-0.05, 0) is 17.2 Å². The summed E-state index contributed by atoms with van der Waals surface area (Å²) in [5.41, 5.74) is 4.08. The third-order valence-corrected chi connectivity index (χ3v) is 5.01. The molecule has 0 aromatic rings. The van der Waals surface area contributed by atoms with E-state index in [2.05, 4.69) is 16.1 Å². The number of hydrogen-bond donors (Lipinski definition) is 3. The van der Waals surface area contributed by atoms with Gasteiger partial charge in [-0.25, -0.2) is 5.43 Å². The monoisotopic (exact) mass is 368 g/mol. The van der Waals surface area contributed by atoms with Crippen molar-refractivity contribution in [1.82, 2.24) is 21.1 Å². The van der Waals surface area contributed by atoms with Crippen LogP contribution in [-0.2, 0) is 9.53 Å². The summed E-state index contributed by atoms with van der Waals surface area (Å²) in [7, 11) is 1.48. The first-order valence-corrected chi connectivity index (χ1v) is 8.36. The minimum absolute atomic E-state index is 0.0185. The number of alkyl halides is 3. The van der Waals surface area contributed by atoms with Gasteiger partial charge in [0.2, 0.25) is 5.91 Å². The van der Waals surface area contributed by atoms with Gasteiger partial charge >= 0.3 is 6.18 Å². The Morgan fingerprint density at radius 2 is 2.08 bits per heavy atom. The van der Waals surface area contributed by atoms with Crippen LogP contribution >= 0.6 is 0 Å². The van der Waals surface area contributed by atoms with Gasteiger partial charge in [0.05, 0.1) is 6.04 Å². The molecule has 3 heterocycles. The van der Waals surface area contributed by atoms with Crippen LogP contribution in [0.5, 0.6) is 0 Å². The maximum absolute atomic E-state index is 13.2. The number of carbonyl (C=O) groups is 1. The lowest BCUT2D eigenvalue weighted by atomic mass is 9.85. The summed E-state index contributed by atoms with van der Waals surface area (Å²) in [6.07, 6.45) is 3.96. The highest BCUT2D eigenvalue weighted by atomic mass is 19.4. The highest BCUT2D eigenvalue weighted by molar-refractivity contribution is 5.89. The molecule has 0 spiro atoms. The molecule has 1 saturated heterocycles. The van der Waals surface area contributed by atoms with Crippen molar-refractivity contribution in [2.75, 3.05) is 7.11 Å². The number of rotatable bonds is 2. The highest BCUT2D eigenvalue weighted by Crippen LogP contribution is 2.35. The molecular weight excluding hydrogens is 349 g/mol. The Labute approximate surface area is 148 Å². The van der Waals surface area contributed by atoms with E-state index in [1.807, 2.05) is 30.4 Å². The van der Waals surface area contributed by atoms with Crippen LogP contribution in [0.15, 0.2) is 47.6 Å². The van der Waals surface area contributed by atoms with Crippen LogP contribution in [-0.4, -0.2) is 48.8 Å². The van der Waals surface area contributed by atoms with Crippen molar-refractivity contribution in [3.05, 3.63) is 47.6 Å². The fourth-order valence-electron chi connectivity index (χ4n) is 3.72. The molecule has 0 saturated carbocycles. The number of allylic oxidation sites excluding steroid dienone is 1. The number of ether oxygens (including phenoxy) is 1. The van der Waals surface area contributed by atoms with E-state index in [1.165, 1.54) is 18.2 Å². The zero-order valence-corrected chi connectivity index (χ0v) is 14.0. The second kappa shape index (κ2) is 6.34. The van der Waals surface area contributed by atoms with Gasteiger partial charge in [-0.1, -0.05) is 30.4 Å². The highest BCUT2D eigenvalue weighted by Gasteiger charge is 2.51. The minimum atomic E-state index is -4.42. The number of hydrazine groups is 1. The molecule has 26 heavy (non-hydrogen) atoms. The van der Waals surface area contributed by atoms with Crippen molar-refractivity contribution in [2.24, 2.45) is 5.92 Å². The molecule has 3 aliphatic heterocycles. The molecule has 5 unspecified atom stereocenters. The van der Waals surface area contributed by atoms with Crippen LogP contribution < -0.4 is 16.1 Å². The molecule has 0 aromatic heterocycles. The molecule has 140 valence electrons. The van der Waals surface area contributed by atoms with Crippen LogP contribution in [0.3, 0.4) is 0 Å². The van der Waals surface area contributed by atoms with Gasteiger partial charge in [0.1, 0.15) is 12.4 Å². The van der Waals surface area contributed by atoms with E-state index in [1.54, 1.807) is 0 Å². The van der Waals surface area contributed by atoms with Crippen molar-refractivity contribution in [3.63, 3.8) is 0 Å². The van der Waals surface area contributed by atoms with Gasteiger partial charge in [-0.2, -0.15) is 18.2 Å². The minimum Gasteiger partial charge on any atom is -0.365 e. The van der Waals surface area contributed by atoms with Crippen molar-refractivity contribution in [2.45, 2.75) is 37.2 Å². The van der Waals surface area contributed by atoms with Gasteiger partial charge in [-0.15, -0.1) is 0 Å². The molecule has 5 atom stereocenters. The number of fused-ring (bicyclic) bond motifs is 2. The molecule has 4 rings (SSSR count). The standard InChI is InChI=1S/C17H19F3N4O2/c1-26-14-7-4-11(15-22-16(17(18,19)20)23-24(14)15)9-2-5-12-10(8-9)3-6-13(25)21-12/h2-6,8,10,12,14-16,22-23H,7H2,1H3,(H,21,25). The van der Waals surface area contributed by atoms with Crippen molar-refractivity contribution >= 4 is 5.91 Å². The summed E-state index contributed by atoms with van der Waals surface area (Å²) in [5.74, 6) is -0.164. The molecule has 0 bridgehead atoms. The second-order valence-corrected chi connectivity index (χ2v) is 6.62. The van der Waals surface area contributed by atoms with Crippen molar-refractivity contribution < 1.29 is 22.7 Å². The molecule has 1 fully saturated rings. The zero-order chi connectivity index (χ0) is 18.5. The van der Waals surface area contributed by atoms with Gasteiger partial charge in [0.25, 0.3) is 0 Å². The largest absolute Gasteiger partial charge is 0.418 e. The summed E-state index contributed by atoms with van der Waals surface area (Å²) < 4.78 is 44.8. The molecule has 1 amide bonds. The van der Waals surface area contributed by atoms with Gasteiger partial charge in [0, 0.05) is 19.4 Å². The lowest BCUT2D eigenvalue weighted by molar-refractivity contribution is -0.166. The van der Waals surface area contributed by atoms with Gasteiger partial charge < -0.3 is 10.1 Å². The lowest BCUT2D eigenvalue weighted by Crippen LogP contribution is -2.52. The van der Waals surface area contributed by atoms with Crippen LogP contribution in [0.1, 0.15) is 6.42 Å². The molecule has 4 aliphatic rings. The average Bonchev–Trinajstić information content (AvgIpc) is 3.06. The first-order valence-electron chi connectivity index (χ1n) is 8.36. The van der Waals surface area contributed by atoms with Crippen molar-refractivity contribution in [3.8, 4) is 0 Å². The van der Waals surface area contributed by atoms with E-state index in [4.69, 9.17) is 4.74 Å². The van der Waals surface area contributed by atoms with Crippen LogP contribution in [0.25, 0.3) is 0 Å². The maximum Gasteiger partial charge on any atom is 0.418 e. The Kier molecular flexibility index (Phi) is 4.26. The molecule has 0 radical (unpaired) electrons. The number of halogens is 3. The number of hydrogen-bond acceptors (Lipinski definition) is 5. The number of amides is 1. The Balaban J connectivity index is 1.62. The maximum atomic E-state index is 13.2. The van der Waals surface area contributed by atoms with E-state index in [-0.39, 0.29) is 17.9 Å². The van der Waals surface area contributed by atoms with Crippen LogP contribution in [0, 0.1) is 5.92 Å². The summed E-state index contributed by atoms with van der Waals surface area (Å²) in [4.78, 5) is 11.4. The van der Waals surface area contributed by atoms with Crippen LogP contribution in [0.4, 0.5) is 13.2 Å². The number of nitrogens with zero attached hydrogens (tertiary/aromatic N) is 1. The van der Waals surface area contributed by atoms with E-state index in [0.717, 1.165) is 11.1 Å². The molecular formula is C17H19F3N4O2. The smallest absolute Gasteiger partial charge is 0.365 e. The number of methoxy groups -OCH3 is 1.